The lowest BCUT2D eigenvalue weighted by molar-refractivity contribution is -0.274. The van der Waals surface area contributed by atoms with Gasteiger partial charge in [0.25, 0.3) is 0 Å². The van der Waals surface area contributed by atoms with Crippen molar-refractivity contribution in [3.63, 3.8) is 0 Å². The van der Waals surface area contributed by atoms with E-state index in [2.05, 4.69) is 4.74 Å². The van der Waals surface area contributed by atoms with Gasteiger partial charge in [-0.15, -0.1) is 13.2 Å². The van der Waals surface area contributed by atoms with E-state index >= 15 is 0 Å². The second-order valence-electron chi connectivity index (χ2n) is 5.19. The van der Waals surface area contributed by atoms with Gasteiger partial charge in [-0.05, 0) is 25.1 Å². The van der Waals surface area contributed by atoms with Gasteiger partial charge in [0.1, 0.15) is 11.5 Å². The quantitative estimate of drug-likeness (QED) is 0.864. The summed E-state index contributed by atoms with van der Waals surface area (Å²) in [6, 6.07) is 3.56. The van der Waals surface area contributed by atoms with Crippen molar-refractivity contribution >= 4 is 0 Å². The van der Waals surface area contributed by atoms with Crippen LogP contribution in [0.3, 0.4) is 0 Å². The molecule has 8 heteroatoms. The number of fused-ring (bicyclic) bond motifs is 1. The highest BCUT2D eigenvalue weighted by atomic mass is 19.4. The summed E-state index contributed by atoms with van der Waals surface area (Å²) in [5, 5.41) is 10.2. The fourth-order valence-corrected chi connectivity index (χ4v) is 2.60. The monoisotopic (exact) mass is 322 g/mol. The molecule has 22 heavy (non-hydrogen) atoms. The summed E-state index contributed by atoms with van der Waals surface area (Å²) in [6.07, 6.45) is -6.46. The third-order valence-electron chi connectivity index (χ3n) is 3.44. The summed E-state index contributed by atoms with van der Waals surface area (Å²) < 4.78 is 56.7. The Kier molecular flexibility index (Phi) is 4.55. The smallest absolute Gasteiger partial charge is 0.482 e. The molecule has 0 aliphatic carbocycles. The topological polar surface area (TPSA) is 57.2 Å². The number of methoxy groups -OCH3 is 2. The van der Waals surface area contributed by atoms with Crippen molar-refractivity contribution in [2.45, 2.75) is 37.7 Å². The van der Waals surface area contributed by atoms with Crippen molar-refractivity contribution in [1.29, 1.82) is 0 Å². The van der Waals surface area contributed by atoms with Crippen LogP contribution in [0.1, 0.15) is 25.0 Å². The molecule has 5 nitrogen and oxygen atoms in total. The van der Waals surface area contributed by atoms with Crippen molar-refractivity contribution in [1.82, 2.24) is 0 Å². The summed E-state index contributed by atoms with van der Waals surface area (Å²) in [5.74, 6) is -0.151. The predicted molar refractivity (Wildman–Crippen MR) is 69.5 cm³/mol. The van der Waals surface area contributed by atoms with E-state index in [1.807, 2.05) is 0 Å². The van der Waals surface area contributed by atoms with Crippen molar-refractivity contribution in [3.8, 4) is 11.5 Å². The SMILES string of the molecule is COC(OC)C1(C)CC(O)c2cc(OC(F)(F)F)ccc2O1. The van der Waals surface area contributed by atoms with Crippen LogP contribution in [0.5, 0.6) is 11.5 Å². The first-order chi connectivity index (χ1) is 10.2. The average Bonchev–Trinajstić information content (AvgIpc) is 2.39. The zero-order chi connectivity index (χ0) is 16.5. The molecule has 0 aromatic heterocycles. The number of aliphatic hydroxyl groups excluding tert-OH is 1. The van der Waals surface area contributed by atoms with E-state index in [1.54, 1.807) is 6.92 Å². The fourth-order valence-electron chi connectivity index (χ4n) is 2.60. The van der Waals surface area contributed by atoms with Crippen LogP contribution in [0.2, 0.25) is 0 Å². The van der Waals surface area contributed by atoms with Gasteiger partial charge >= 0.3 is 6.36 Å². The maximum absolute atomic E-state index is 12.2. The van der Waals surface area contributed by atoms with E-state index in [0.29, 0.717) is 0 Å². The van der Waals surface area contributed by atoms with Crippen LogP contribution in [0.25, 0.3) is 0 Å². The summed E-state index contributed by atoms with van der Waals surface area (Å²) in [4.78, 5) is 0. The van der Waals surface area contributed by atoms with E-state index in [4.69, 9.17) is 14.2 Å². The molecule has 1 aromatic carbocycles. The lowest BCUT2D eigenvalue weighted by Gasteiger charge is -2.41. The largest absolute Gasteiger partial charge is 0.573 e. The van der Waals surface area contributed by atoms with Gasteiger partial charge in [0, 0.05) is 26.2 Å². The fraction of sp³-hybridized carbons (Fsp3) is 0.571. The summed E-state index contributed by atoms with van der Waals surface area (Å²) in [5.41, 5.74) is -0.743. The normalized spacial score (nSPS) is 24.8. The Morgan fingerprint density at radius 3 is 2.50 bits per heavy atom. The molecule has 2 unspecified atom stereocenters. The molecule has 1 aromatic rings. The van der Waals surface area contributed by atoms with Gasteiger partial charge in [-0.2, -0.15) is 0 Å². The van der Waals surface area contributed by atoms with Gasteiger partial charge in [0.15, 0.2) is 11.9 Å². The number of aliphatic hydroxyl groups is 1. The standard InChI is InChI=1S/C14H17F3O5/c1-13(12(19-2)20-3)7-10(18)9-6-8(21-14(15,16)17)4-5-11(9)22-13/h4-6,10,12,18H,7H2,1-3H3. The van der Waals surface area contributed by atoms with Crippen LogP contribution in [-0.2, 0) is 9.47 Å². The Hall–Kier alpha value is -1.51. The molecular weight excluding hydrogens is 305 g/mol. The van der Waals surface area contributed by atoms with Crippen molar-refractivity contribution in [2.24, 2.45) is 0 Å². The van der Waals surface area contributed by atoms with Gasteiger partial charge in [-0.3, -0.25) is 0 Å². The zero-order valence-corrected chi connectivity index (χ0v) is 12.3. The van der Waals surface area contributed by atoms with Crippen LogP contribution < -0.4 is 9.47 Å². The van der Waals surface area contributed by atoms with Gasteiger partial charge < -0.3 is 24.1 Å². The maximum atomic E-state index is 12.2. The summed E-state index contributed by atoms with van der Waals surface area (Å²) in [7, 11) is 2.87. The number of halogens is 3. The van der Waals surface area contributed by atoms with Crippen molar-refractivity contribution < 1.29 is 37.2 Å². The second-order valence-corrected chi connectivity index (χ2v) is 5.19. The highest BCUT2D eigenvalue weighted by molar-refractivity contribution is 5.43. The molecule has 1 heterocycles. The summed E-state index contributed by atoms with van der Waals surface area (Å²) in [6.45, 7) is 1.69. The van der Waals surface area contributed by atoms with E-state index in [1.165, 1.54) is 20.3 Å². The number of ether oxygens (including phenoxy) is 4. The minimum absolute atomic E-state index is 0.0990. The molecule has 0 spiro atoms. The molecule has 1 aliphatic heterocycles. The number of benzene rings is 1. The third kappa shape index (κ3) is 3.45. The molecule has 0 saturated heterocycles. The molecule has 0 saturated carbocycles. The first-order valence-corrected chi connectivity index (χ1v) is 6.51. The molecular formula is C14H17F3O5. The molecule has 2 rings (SSSR count). The second kappa shape index (κ2) is 5.94. The molecule has 2 atom stereocenters. The Morgan fingerprint density at radius 2 is 1.95 bits per heavy atom. The van der Waals surface area contributed by atoms with Crippen LogP contribution in [0, 0.1) is 0 Å². The first kappa shape index (κ1) is 16.9. The number of rotatable bonds is 4. The number of hydrogen-bond acceptors (Lipinski definition) is 5. The average molecular weight is 322 g/mol. The highest BCUT2D eigenvalue weighted by Crippen LogP contribution is 2.43. The summed E-state index contributed by atoms with van der Waals surface area (Å²) >= 11 is 0. The molecule has 0 amide bonds. The number of alkyl halides is 3. The van der Waals surface area contributed by atoms with Gasteiger partial charge in [0.2, 0.25) is 0 Å². The van der Waals surface area contributed by atoms with Crippen molar-refractivity contribution in [2.75, 3.05) is 14.2 Å². The van der Waals surface area contributed by atoms with Gasteiger partial charge in [0.05, 0.1) is 6.10 Å². The predicted octanol–water partition coefficient (Wildman–Crippen LogP) is 2.78. The van der Waals surface area contributed by atoms with Crippen LogP contribution in [0.4, 0.5) is 13.2 Å². The molecule has 1 aliphatic rings. The number of hydrogen-bond donors (Lipinski definition) is 1. The first-order valence-electron chi connectivity index (χ1n) is 6.51. The minimum Gasteiger partial charge on any atom is -0.482 e. The van der Waals surface area contributed by atoms with Crippen LogP contribution >= 0.6 is 0 Å². The molecule has 0 radical (unpaired) electrons. The Labute approximate surface area is 125 Å². The van der Waals surface area contributed by atoms with Gasteiger partial charge in [-0.25, -0.2) is 0 Å². The lowest BCUT2D eigenvalue weighted by atomic mass is 9.89. The van der Waals surface area contributed by atoms with E-state index < -0.39 is 30.1 Å². The lowest BCUT2D eigenvalue weighted by Crippen LogP contribution is -2.50. The molecule has 124 valence electrons. The van der Waals surface area contributed by atoms with E-state index in [0.717, 1.165) is 12.1 Å². The van der Waals surface area contributed by atoms with E-state index in [-0.39, 0.29) is 17.7 Å². The van der Waals surface area contributed by atoms with Crippen LogP contribution in [-0.4, -0.2) is 37.6 Å². The Bertz CT molecular complexity index is 530. The molecule has 0 fully saturated rings. The molecule has 0 bridgehead atoms. The maximum Gasteiger partial charge on any atom is 0.573 e. The van der Waals surface area contributed by atoms with Crippen LogP contribution in [0.15, 0.2) is 18.2 Å². The Balaban J connectivity index is 2.29. The van der Waals surface area contributed by atoms with E-state index in [9.17, 15) is 18.3 Å². The van der Waals surface area contributed by atoms with Crippen molar-refractivity contribution in [3.05, 3.63) is 23.8 Å². The minimum atomic E-state index is -4.79. The molecule has 1 N–H and O–H groups in total. The third-order valence-corrected chi connectivity index (χ3v) is 3.44. The van der Waals surface area contributed by atoms with Gasteiger partial charge in [-0.1, -0.05) is 0 Å². The zero-order valence-electron chi connectivity index (χ0n) is 12.3. The highest BCUT2D eigenvalue weighted by Gasteiger charge is 2.44. The Morgan fingerprint density at radius 1 is 1.32 bits per heavy atom.